The van der Waals surface area contributed by atoms with Crippen LogP contribution in [0.1, 0.15) is 26.2 Å². The molecule has 1 rings (SSSR count). The van der Waals surface area contributed by atoms with E-state index in [-0.39, 0.29) is 0 Å². The van der Waals surface area contributed by atoms with Gasteiger partial charge in [-0.25, -0.2) is 0 Å². The summed E-state index contributed by atoms with van der Waals surface area (Å²) in [5.74, 6) is 0.405. The van der Waals surface area contributed by atoms with Crippen molar-refractivity contribution in [3.8, 4) is 0 Å². The summed E-state index contributed by atoms with van der Waals surface area (Å²) in [5.41, 5.74) is 4.88. The number of aliphatic hydroxyl groups is 1. The molecule has 54 valence electrons. The summed E-state index contributed by atoms with van der Waals surface area (Å²) in [6, 6.07) is 0. The van der Waals surface area contributed by atoms with Crippen molar-refractivity contribution in [1.29, 1.82) is 0 Å². The molecule has 0 aromatic rings. The first-order valence-electron chi connectivity index (χ1n) is 3.61. The van der Waals surface area contributed by atoms with Crippen LogP contribution < -0.4 is 5.73 Å². The number of hydrogen-bond acceptors (Lipinski definition) is 2. The molecule has 2 atom stereocenters. The average Bonchev–Trinajstić information content (AvgIpc) is 2.15. The molecule has 1 saturated carbocycles. The van der Waals surface area contributed by atoms with Crippen LogP contribution in [0.5, 0.6) is 0 Å². The van der Waals surface area contributed by atoms with Gasteiger partial charge in [-0.15, -0.1) is 0 Å². The Morgan fingerprint density at radius 3 is 2.67 bits per heavy atom. The van der Waals surface area contributed by atoms with Crippen molar-refractivity contribution in [2.24, 2.45) is 11.7 Å². The first-order valence-corrected chi connectivity index (χ1v) is 3.61. The van der Waals surface area contributed by atoms with Crippen molar-refractivity contribution in [2.45, 2.75) is 31.8 Å². The fourth-order valence-electron chi connectivity index (χ4n) is 1.53. The second-order valence-corrected chi connectivity index (χ2v) is 3.10. The van der Waals surface area contributed by atoms with Crippen LogP contribution in [0.15, 0.2) is 0 Å². The van der Waals surface area contributed by atoms with E-state index in [0.29, 0.717) is 12.5 Å². The van der Waals surface area contributed by atoms with Crippen molar-refractivity contribution >= 4 is 0 Å². The molecule has 0 heterocycles. The maximum absolute atomic E-state index is 9.64. The predicted octanol–water partition coefficient (Wildman–Crippen LogP) is 0.496. The molecular weight excluding hydrogens is 114 g/mol. The second kappa shape index (κ2) is 2.27. The Morgan fingerprint density at radius 1 is 1.78 bits per heavy atom. The lowest BCUT2D eigenvalue weighted by molar-refractivity contribution is 0.0182. The minimum atomic E-state index is -0.528. The second-order valence-electron chi connectivity index (χ2n) is 3.10. The van der Waals surface area contributed by atoms with Gasteiger partial charge in [-0.1, -0.05) is 13.3 Å². The summed E-state index contributed by atoms with van der Waals surface area (Å²) in [7, 11) is 0. The SMILES string of the molecule is C[C@@H]1CCC[C@]1(O)CN. The van der Waals surface area contributed by atoms with E-state index in [1.807, 2.05) is 0 Å². The lowest BCUT2D eigenvalue weighted by atomic mass is 9.93. The minimum Gasteiger partial charge on any atom is -0.388 e. The Labute approximate surface area is 56.1 Å². The van der Waals surface area contributed by atoms with E-state index in [2.05, 4.69) is 6.92 Å². The quantitative estimate of drug-likeness (QED) is 0.541. The zero-order valence-corrected chi connectivity index (χ0v) is 5.93. The van der Waals surface area contributed by atoms with Crippen molar-refractivity contribution in [3.05, 3.63) is 0 Å². The largest absolute Gasteiger partial charge is 0.388 e. The lowest BCUT2D eigenvalue weighted by Gasteiger charge is -2.25. The maximum Gasteiger partial charge on any atom is 0.0794 e. The normalized spacial score (nSPS) is 43.7. The highest BCUT2D eigenvalue weighted by Gasteiger charge is 2.36. The topological polar surface area (TPSA) is 46.2 Å². The van der Waals surface area contributed by atoms with E-state index in [0.717, 1.165) is 19.3 Å². The molecule has 0 saturated heterocycles. The molecule has 1 aliphatic rings. The first kappa shape index (κ1) is 7.03. The zero-order valence-electron chi connectivity index (χ0n) is 5.93. The van der Waals surface area contributed by atoms with Crippen molar-refractivity contribution in [1.82, 2.24) is 0 Å². The van der Waals surface area contributed by atoms with Crippen LogP contribution in [-0.2, 0) is 0 Å². The molecule has 0 amide bonds. The third-order valence-electron chi connectivity index (χ3n) is 2.52. The van der Waals surface area contributed by atoms with Crippen LogP contribution >= 0.6 is 0 Å². The van der Waals surface area contributed by atoms with Crippen molar-refractivity contribution < 1.29 is 5.11 Å². The van der Waals surface area contributed by atoms with Crippen molar-refractivity contribution in [3.63, 3.8) is 0 Å². The lowest BCUT2D eigenvalue weighted by Crippen LogP contribution is -2.39. The third kappa shape index (κ3) is 1.10. The smallest absolute Gasteiger partial charge is 0.0794 e. The van der Waals surface area contributed by atoms with E-state index in [1.54, 1.807) is 0 Å². The predicted molar refractivity (Wildman–Crippen MR) is 37.0 cm³/mol. The minimum absolute atomic E-state index is 0.405. The molecule has 9 heavy (non-hydrogen) atoms. The first-order chi connectivity index (χ1) is 4.19. The third-order valence-corrected chi connectivity index (χ3v) is 2.52. The van der Waals surface area contributed by atoms with Gasteiger partial charge in [0.05, 0.1) is 5.60 Å². The molecule has 3 N–H and O–H groups in total. The summed E-state index contributed by atoms with van der Waals surface area (Å²) in [5, 5.41) is 9.64. The molecule has 2 heteroatoms. The summed E-state index contributed by atoms with van der Waals surface area (Å²) in [4.78, 5) is 0. The molecule has 0 bridgehead atoms. The van der Waals surface area contributed by atoms with Crippen LogP contribution in [0, 0.1) is 5.92 Å². The monoisotopic (exact) mass is 129 g/mol. The van der Waals surface area contributed by atoms with Gasteiger partial charge in [0.1, 0.15) is 0 Å². The van der Waals surface area contributed by atoms with Gasteiger partial charge >= 0.3 is 0 Å². The van der Waals surface area contributed by atoms with Gasteiger partial charge in [0.25, 0.3) is 0 Å². The highest BCUT2D eigenvalue weighted by atomic mass is 16.3. The molecule has 0 spiro atoms. The highest BCUT2D eigenvalue weighted by molar-refractivity contribution is 4.90. The van der Waals surface area contributed by atoms with Gasteiger partial charge in [-0.2, -0.15) is 0 Å². The van der Waals surface area contributed by atoms with Gasteiger partial charge in [0.2, 0.25) is 0 Å². The van der Waals surface area contributed by atoms with Gasteiger partial charge in [0, 0.05) is 6.54 Å². The van der Waals surface area contributed by atoms with E-state index in [4.69, 9.17) is 5.73 Å². The molecule has 0 radical (unpaired) electrons. The maximum atomic E-state index is 9.64. The highest BCUT2D eigenvalue weighted by Crippen LogP contribution is 2.33. The molecule has 2 nitrogen and oxygen atoms in total. The Kier molecular flexibility index (Phi) is 1.78. The fraction of sp³-hybridized carbons (Fsp3) is 1.00. The number of rotatable bonds is 1. The van der Waals surface area contributed by atoms with E-state index in [9.17, 15) is 5.11 Å². The molecule has 0 unspecified atom stereocenters. The Hall–Kier alpha value is -0.0800. The van der Waals surface area contributed by atoms with Gasteiger partial charge in [-0.05, 0) is 18.8 Å². The van der Waals surface area contributed by atoms with Gasteiger partial charge in [0.15, 0.2) is 0 Å². The summed E-state index contributed by atoms with van der Waals surface area (Å²) in [6.45, 7) is 2.49. The summed E-state index contributed by atoms with van der Waals surface area (Å²) >= 11 is 0. The van der Waals surface area contributed by atoms with E-state index < -0.39 is 5.60 Å². The summed E-state index contributed by atoms with van der Waals surface area (Å²) in [6.07, 6.45) is 3.16. The van der Waals surface area contributed by atoms with E-state index in [1.165, 1.54) is 0 Å². The summed E-state index contributed by atoms with van der Waals surface area (Å²) < 4.78 is 0. The Bertz CT molecular complexity index is 105. The van der Waals surface area contributed by atoms with Gasteiger partial charge < -0.3 is 10.8 Å². The fourth-order valence-corrected chi connectivity index (χ4v) is 1.53. The molecule has 0 aromatic heterocycles. The standard InChI is InChI=1S/C7H15NO/c1-6-3-2-4-7(6,9)5-8/h6,9H,2-5,8H2,1H3/t6-,7+/m1/s1. The average molecular weight is 129 g/mol. The van der Waals surface area contributed by atoms with Crippen LogP contribution in [0.3, 0.4) is 0 Å². The van der Waals surface area contributed by atoms with Gasteiger partial charge in [-0.3, -0.25) is 0 Å². The van der Waals surface area contributed by atoms with Crippen LogP contribution in [0.2, 0.25) is 0 Å². The molecule has 0 aromatic carbocycles. The molecule has 0 aliphatic heterocycles. The van der Waals surface area contributed by atoms with Crippen LogP contribution in [-0.4, -0.2) is 17.3 Å². The van der Waals surface area contributed by atoms with Crippen LogP contribution in [0.25, 0.3) is 0 Å². The zero-order chi connectivity index (χ0) is 6.91. The number of nitrogens with two attached hydrogens (primary N) is 1. The molecular formula is C7H15NO. The molecule has 1 fully saturated rings. The number of hydrogen-bond donors (Lipinski definition) is 2. The van der Waals surface area contributed by atoms with Crippen molar-refractivity contribution in [2.75, 3.05) is 6.54 Å². The van der Waals surface area contributed by atoms with Crippen LogP contribution in [0.4, 0.5) is 0 Å². The Morgan fingerprint density at radius 2 is 2.44 bits per heavy atom. The molecule has 1 aliphatic carbocycles. The Balaban J connectivity index is 2.56. The van der Waals surface area contributed by atoms with E-state index >= 15 is 0 Å².